The highest BCUT2D eigenvalue weighted by atomic mass is 31.2. The summed E-state index contributed by atoms with van der Waals surface area (Å²) in [5, 5.41) is 11.0. The summed E-state index contributed by atoms with van der Waals surface area (Å²) in [6, 6.07) is 0. The zero-order valence-corrected chi connectivity index (χ0v) is 25.0. The smallest absolute Gasteiger partial charge is 0.387 e. The van der Waals surface area contributed by atoms with Crippen LogP contribution >= 0.6 is 15.4 Å². The molecule has 7 rings (SSSR count). The number of aromatic nitrogens is 8. The molecule has 25 heteroatoms. The first-order chi connectivity index (χ1) is 21.8. The fourth-order valence-electron chi connectivity index (χ4n) is 5.40. The molecule has 3 aliphatic rings. The zero-order chi connectivity index (χ0) is 32.5. The number of hydrogen-bond donors (Lipinski definition) is 6. The third-order valence-electron chi connectivity index (χ3n) is 7.51. The van der Waals surface area contributed by atoms with Crippen LogP contribution in [0.15, 0.2) is 19.0 Å². The molecule has 3 aliphatic heterocycles. The van der Waals surface area contributed by atoms with Gasteiger partial charge in [0, 0.05) is 0 Å². The third kappa shape index (κ3) is 5.48. The van der Waals surface area contributed by atoms with Gasteiger partial charge in [-0.05, 0) is 0 Å². The summed E-state index contributed by atoms with van der Waals surface area (Å²) in [5.74, 6) is -0.287. The Morgan fingerprint density at radius 2 is 1.52 bits per heavy atom. The first-order valence-corrected chi connectivity index (χ1v) is 16.6. The SMILES string of the molecule is Nc1nc(N)c2ncn([C@@H]3O[C@@H]4COP(=O)(O)OC5[C@@H](O)[C@@H](COP(=O)(O)CO[C@@H]4C3F)O[C@H]5n3cnc4c(N)ncnc43)c2n1. The van der Waals surface area contributed by atoms with Gasteiger partial charge in [0.25, 0.3) is 0 Å². The van der Waals surface area contributed by atoms with E-state index >= 15 is 4.39 Å². The summed E-state index contributed by atoms with van der Waals surface area (Å²) in [5.41, 5.74) is 17.8. The second-order valence-corrected chi connectivity index (χ2v) is 13.7. The molecule has 4 aromatic heterocycles. The van der Waals surface area contributed by atoms with Gasteiger partial charge in [0.1, 0.15) is 54.2 Å². The molecule has 7 heterocycles. The highest BCUT2D eigenvalue weighted by molar-refractivity contribution is 7.52. The molecule has 0 amide bonds. The Morgan fingerprint density at radius 3 is 2.28 bits per heavy atom. The summed E-state index contributed by atoms with van der Waals surface area (Å²) in [6.45, 7) is -1.54. The van der Waals surface area contributed by atoms with Crippen molar-refractivity contribution in [2.75, 3.05) is 36.8 Å². The van der Waals surface area contributed by atoms with E-state index in [-0.39, 0.29) is 39.9 Å². The van der Waals surface area contributed by atoms with Crippen molar-refractivity contribution >= 4 is 55.3 Å². The Labute approximate surface area is 255 Å². The van der Waals surface area contributed by atoms with Gasteiger partial charge in [-0.1, -0.05) is 0 Å². The summed E-state index contributed by atoms with van der Waals surface area (Å²) < 4.78 is 77.3. The van der Waals surface area contributed by atoms with Gasteiger partial charge in [-0.25, -0.2) is 28.9 Å². The summed E-state index contributed by atoms with van der Waals surface area (Å²) in [7, 11) is -9.72. The van der Waals surface area contributed by atoms with Gasteiger partial charge in [-0.2, -0.15) is 9.97 Å². The molecule has 46 heavy (non-hydrogen) atoms. The Morgan fingerprint density at radius 1 is 0.848 bits per heavy atom. The second-order valence-electron chi connectivity index (χ2n) is 10.5. The number of imidazole rings is 2. The molecule has 248 valence electrons. The van der Waals surface area contributed by atoms with Crippen LogP contribution in [-0.4, -0.2) is 110 Å². The maximum absolute atomic E-state index is 16.0. The molecule has 2 bridgehead atoms. The molecular formula is C21H26FN11O11P2. The number of hydrogen-bond acceptors (Lipinski definition) is 18. The number of phosphoric acid groups is 1. The van der Waals surface area contributed by atoms with Gasteiger partial charge in [0.2, 0.25) is 5.95 Å². The van der Waals surface area contributed by atoms with Gasteiger partial charge >= 0.3 is 15.4 Å². The molecule has 0 aliphatic carbocycles. The van der Waals surface area contributed by atoms with Crippen molar-refractivity contribution in [2.24, 2.45) is 0 Å². The number of phosphoric ester groups is 1. The van der Waals surface area contributed by atoms with Crippen molar-refractivity contribution < 1.29 is 56.2 Å². The molecule has 4 unspecified atom stereocenters. The van der Waals surface area contributed by atoms with E-state index in [0.29, 0.717) is 0 Å². The fraction of sp³-hybridized carbons (Fsp3) is 0.524. The van der Waals surface area contributed by atoms with Crippen LogP contribution in [0.2, 0.25) is 0 Å². The number of nitrogen functional groups attached to an aromatic ring is 3. The molecular weight excluding hydrogens is 663 g/mol. The van der Waals surface area contributed by atoms with Gasteiger partial charge in [0.15, 0.2) is 41.6 Å². The number of alkyl halides is 1. The highest BCUT2D eigenvalue weighted by Crippen LogP contribution is 2.52. The monoisotopic (exact) mass is 689 g/mol. The van der Waals surface area contributed by atoms with Gasteiger partial charge in [-0.15, -0.1) is 0 Å². The fourth-order valence-corrected chi connectivity index (χ4v) is 7.15. The largest absolute Gasteiger partial charge is 0.472 e. The molecule has 0 radical (unpaired) electrons. The number of rotatable bonds is 2. The Balaban J connectivity index is 1.20. The molecule has 4 aromatic rings. The molecule has 0 aromatic carbocycles. The lowest BCUT2D eigenvalue weighted by Gasteiger charge is -2.26. The van der Waals surface area contributed by atoms with E-state index in [9.17, 15) is 24.0 Å². The van der Waals surface area contributed by atoms with E-state index in [2.05, 4.69) is 29.9 Å². The maximum Gasteiger partial charge on any atom is 0.472 e. The number of nitrogens with zero attached hydrogens (tertiary/aromatic N) is 8. The van der Waals surface area contributed by atoms with Crippen molar-refractivity contribution in [3.8, 4) is 0 Å². The van der Waals surface area contributed by atoms with E-state index in [1.165, 1.54) is 10.9 Å². The lowest BCUT2D eigenvalue weighted by molar-refractivity contribution is -0.0631. The number of anilines is 3. The van der Waals surface area contributed by atoms with Crippen LogP contribution in [0.1, 0.15) is 12.5 Å². The van der Waals surface area contributed by atoms with E-state index in [1.807, 2.05) is 0 Å². The Hall–Kier alpha value is -3.47. The first kappa shape index (κ1) is 31.1. The number of aliphatic hydroxyl groups excluding tert-OH is 1. The third-order valence-corrected chi connectivity index (χ3v) is 9.52. The minimum Gasteiger partial charge on any atom is -0.387 e. The summed E-state index contributed by atoms with van der Waals surface area (Å²) in [6.07, 6.45) is -10.4. The number of fused-ring (bicyclic) bond motifs is 5. The van der Waals surface area contributed by atoms with E-state index in [0.717, 1.165) is 17.2 Å². The minimum atomic E-state index is -5.09. The number of nitrogens with two attached hydrogens (primary N) is 3. The van der Waals surface area contributed by atoms with Crippen LogP contribution in [0.5, 0.6) is 0 Å². The molecule has 0 spiro atoms. The van der Waals surface area contributed by atoms with Gasteiger partial charge in [0.05, 0.1) is 25.9 Å². The Kier molecular flexibility index (Phi) is 7.68. The Bertz CT molecular complexity index is 1900. The van der Waals surface area contributed by atoms with Crippen LogP contribution in [0.4, 0.5) is 22.0 Å². The molecule has 3 fully saturated rings. The predicted octanol–water partition coefficient (Wildman–Crippen LogP) is -1.03. The van der Waals surface area contributed by atoms with Crippen molar-refractivity contribution in [3.63, 3.8) is 0 Å². The van der Waals surface area contributed by atoms with Crippen LogP contribution in [-0.2, 0) is 36.9 Å². The maximum atomic E-state index is 16.0. The lowest BCUT2D eigenvalue weighted by atomic mass is 10.1. The van der Waals surface area contributed by atoms with Crippen LogP contribution in [0.25, 0.3) is 22.3 Å². The lowest BCUT2D eigenvalue weighted by Crippen LogP contribution is -2.37. The number of ether oxygens (including phenoxy) is 3. The summed E-state index contributed by atoms with van der Waals surface area (Å²) in [4.78, 5) is 45.2. The van der Waals surface area contributed by atoms with Crippen molar-refractivity contribution in [1.29, 1.82) is 0 Å². The topological polar surface area (TPSA) is 315 Å². The summed E-state index contributed by atoms with van der Waals surface area (Å²) >= 11 is 0. The molecule has 0 saturated carbocycles. The van der Waals surface area contributed by atoms with Gasteiger partial charge in [-0.3, -0.25) is 22.7 Å². The molecule has 10 atom stereocenters. The zero-order valence-electron chi connectivity index (χ0n) is 23.2. The number of aliphatic hydroxyl groups is 1. The highest BCUT2D eigenvalue weighted by Gasteiger charge is 2.53. The average molecular weight is 689 g/mol. The second kappa shape index (κ2) is 11.3. The van der Waals surface area contributed by atoms with Crippen molar-refractivity contribution in [3.05, 3.63) is 19.0 Å². The van der Waals surface area contributed by atoms with E-state index in [4.69, 9.17) is 45.0 Å². The normalized spacial score (nSPS) is 37.4. The predicted molar refractivity (Wildman–Crippen MR) is 149 cm³/mol. The van der Waals surface area contributed by atoms with E-state index < -0.39 is 84.1 Å². The van der Waals surface area contributed by atoms with Crippen LogP contribution < -0.4 is 17.2 Å². The van der Waals surface area contributed by atoms with Crippen molar-refractivity contribution in [2.45, 2.75) is 49.1 Å². The standard InChI is InChI=1S/C21H26FN11O11P2/c22-9-13-8(43-19(9)33-5-29-11-16(24)30-21(25)31-18(11)33)2-41-46(37,38)44-14-12(34)7(1-40-45(35,36)6-39-13)42-20(14)32-4-28-10-15(23)26-3-27-17(10)32/h3-5,7-9,12-14,19-20,34H,1-2,6H2,(H,35,36)(H,37,38)(H2,23,26,27)(H4,24,25,30,31)/t7-,8-,9?,12+,13+,14?,19-,20-/m1/s1. The van der Waals surface area contributed by atoms with Crippen LogP contribution in [0, 0.1) is 0 Å². The molecule has 22 nitrogen and oxygen atoms in total. The average Bonchev–Trinajstić information content (AvgIpc) is 3.75. The van der Waals surface area contributed by atoms with Gasteiger partial charge < -0.3 is 50.8 Å². The number of halogens is 1. The van der Waals surface area contributed by atoms with Crippen molar-refractivity contribution in [1.82, 2.24) is 39.0 Å². The quantitative estimate of drug-likeness (QED) is 0.137. The molecule has 9 N–H and O–H groups in total. The first-order valence-electron chi connectivity index (χ1n) is 13.4. The molecule has 3 saturated heterocycles. The van der Waals surface area contributed by atoms with Crippen LogP contribution in [0.3, 0.4) is 0 Å². The minimum absolute atomic E-state index is 0.00583. The van der Waals surface area contributed by atoms with E-state index in [1.54, 1.807) is 0 Å².